The minimum Gasteiger partial charge on any atom is -0.456 e. The Morgan fingerprint density at radius 3 is 1.68 bits per heavy atom. The maximum absolute atomic E-state index is 6.80. The summed E-state index contributed by atoms with van der Waals surface area (Å²) >= 11 is 3.77. The Labute approximate surface area is 328 Å². The van der Waals surface area contributed by atoms with Crippen molar-refractivity contribution in [1.82, 2.24) is 0 Å². The summed E-state index contributed by atoms with van der Waals surface area (Å²) < 4.78 is 17.3. The number of hydrogen-bond donors (Lipinski definition) is 0. The van der Waals surface area contributed by atoms with E-state index in [1.807, 2.05) is 34.8 Å². The van der Waals surface area contributed by atoms with Crippen LogP contribution in [0.4, 0.5) is 0 Å². The molecule has 0 aliphatic rings. The number of rotatable bonds is 3. The number of hydrogen-bond acceptors (Lipinski definition) is 4. The second kappa shape index (κ2) is 11.4. The van der Waals surface area contributed by atoms with Crippen molar-refractivity contribution in [2.75, 3.05) is 0 Å². The van der Waals surface area contributed by atoms with Crippen LogP contribution in [0.15, 0.2) is 179 Å². The summed E-state index contributed by atoms with van der Waals surface area (Å²) in [6.45, 7) is 0. The van der Waals surface area contributed by atoms with Gasteiger partial charge < -0.3 is 8.83 Å². The Bertz CT molecular complexity index is 3700. The van der Waals surface area contributed by atoms with Crippen molar-refractivity contribution in [3.8, 4) is 32.7 Å². The zero-order chi connectivity index (χ0) is 36.5. The highest BCUT2D eigenvalue weighted by atomic mass is 32.1. The highest BCUT2D eigenvalue weighted by molar-refractivity contribution is 7.32. The Kier molecular flexibility index (Phi) is 6.23. The van der Waals surface area contributed by atoms with Crippen molar-refractivity contribution in [2.24, 2.45) is 0 Å². The molecule has 260 valence electrons. The maximum Gasteiger partial charge on any atom is 0.144 e. The second-order valence-electron chi connectivity index (χ2n) is 14.7. The molecule has 4 aromatic heterocycles. The number of benzene rings is 9. The molecule has 4 heterocycles. The van der Waals surface area contributed by atoms with Gasteiger partial charge in [-0.3, -0.25) is 0 Å². The molecule has 13 aromatic rings. The van der Waals surface area contributed by atoms with E-state index in [4.69, 9.17) is 8.83 Å². The van der Waals surface area contributed by atoms with Crippen molar-refractivity contribution in [3.63, 3.8) is 0 Å². The highest BCUT2D eigenvalue weighted by Gasteiger charge is 2.25. The first kappa shape index (κ1) is 30.6. The minimum atomic E-state index is 0.877. The minimum absolute atomic E-state index is 0.877. The van der Waals surface area contributed by atoms with Crippen molar-refractivity contribution in [1.29, 1.82) is 0 Å². The quantitative estimate of drug-likeness (QED) is 0.168. The van der Waals surface area contributed by atoms with Gasteiger partial charge in [-0.05, 0) is 85.6 Å². The molecule has 0 spiro atoms. The van der Waals surface area contributed by atoms with Crippen molar-refractivity contribution < 1.29 is 8.83 Å². The first-order valence-corrected chi connectivity index (χ1v) is 20.5. The molecule has 0 saturated heterocycles. The van der Waals surface area contributed by atoms with Gasteiger partial charge in [0.1, 0.15) is 22.3 Å². The average Bonchev–Trinajstić information content (AvgIpc) is 4.03. The van der Waals surface area contributed by atoms with Crippen LogP contribution >= 0.6 is 22.7 Å². The van der Waals surface area contributed by atoms with E-state index in [2.05, 4.69) is 158 Å². The third kappa shape index (κ3) is 4.15. The Hall–Kier alpha value is -6.72. The third-order valence-corrected chi connectivity index (χ3v) is 14.2. The molecule has 4 heteroatoms. The summed E-state index contributed by atoms with van der Waals surface area (Å²) in [4.78, 5) is 1.17. The molecule has 56 heavy (non-hydrogen) atoms. The normalized spacial score (nSPS) is 12.3. The Morgan fingerprint density at radius 2 is 0.946 bits per heavy atom. The fourth-order valence-electron chi connectivity index (χ4n) is 9.34. The topological polar surface area (TPSA) is 26.3 Å². The van der Waals surface area contributed by atoms with E-state index in [1.165, 1.54) is 78.9 Å². The molecule has 2 nitrogen and oxygen atoms in total. The molecule has 0 fully saturated rings. The van der Waals surface area contributed by atoms with Gasteiger partial charge in [0.05, 0.1) is 9.40 Å². The Morgan fingerprint density at radius 1 is 0.357 bits per heavy atom. The van der Waals surface area contributed by atoms with Gasteiger partial charge in [0.15, 0.2) is 0 Å². The van der Waals surface area contributed by atoms with Gasteiger partial charge in [-0.1, -0.05) is 133 Å². The van der Waals surface area contributed by atoms with E-state index in [0.29, 0.717) is 0 Å². The van der Waals surface area contributed by atoms with Crippen LogP contribution in [-0.2, 0) is 0 Å². The molecule has 0 aliphatic heterocycles. The summed E-state index contributed by atoms with van der Waals surface area (Å²) in [5.41, 5.74) is 9.69. The van der Waals surface area contributed by atoms with Gasteiger partial charge in [-0.25, -0.2) is 0 Å². The molecule has 0 amide bonds. The largest absolute Gasteiger partial charge is 0.456 e. The molecule has 0 N–H and O–H groups in total. The van der Waals surface area contributed by atoms with Crippen LogP contribution in [0.1, 0.15) is 0 Å². The smallest absolute Gasteiger partial charge is 0.144 e. The van der Waals surface area contributed by atoms with Crippen molar-refractivity contribution in [3.05, 3.63) is 170 Å². The molecular weight excluding hydrogens is 721 g/mol. The first-order valence-electron chi connectivity index (χ1n) is 18.9. The molecule has 0 radical (unpaired) electrons. The molecule has 0 saturated carbocycles. The lowest BCUT2D eigenvalue weighted by atomic mass is 9.84. The van der Waals surface area contributed by atoms with Crippen LogP contribution in [0.2, 0.25) is 0 Å². The molecule has 0 bridgehead atoms. The van der Waals surface area contributed by atoms with Crippen LogP contribution < -0.4 is 0 Å². The van der Waals surface area contributed by atoms with Gasteiger partial charge in [0.25, 0.3) is 0 Å². The van der Waals surface area contributed by atoms with E-state index in [9.17, 15) is 0 Å². The van der Waals surface area contributed by atoms with Crippen LogP contribution in [0.5, 0.6) is 0 Å². The predicted octanol–water partition coefficient (Wildman–Crippen LogP) is 16.4. The first-order chi connectivity index (χ1) is 27.8. The summed E-state index contributed by atoms with van der Waals surface area (Å²) in [6.07, 6.45) is 0. The van der Waals surface area contributed by atoms with Gasteiger partial charge in [-0.15, -0.1) is 22.7 Å². The van der Waals surface area contributed by atoms with Crippen molar-refractivity contribution in [2.45, 2.75) is 0 Å². The summed E-state index contributed by atoms with van der Waals surface area (Å²) in [7, 11) is 0. The molecule has 13 rings (SSSR count). The van der Waals surface area contributed by atoms with Gasteiger partial charge in [0.2, 0.25) is 0 Å². The molecular formula is C52H28O2S2. The van der Waals surface area contributed by atoms with E-state index in [1.54, 1.807) is 0 Å². The average molecular weight is 749 g/mol. The molecule has 0 unspecified atom stereocenters. The zero-order valence-electron chi connectivity index (χ0n) is 29.8. The fourth-order valence-corrected chi connectivity index (χ4v) is 11.9. The maximum atomic E-state index is 6.80. The summed E-state index contributed by atoms with van der Waals surface area (Å²) in [5.74, 6) is 0. The lowest BCUT2D eigenvalue weighted by molar-refractivity contribution is 0.665. The van der Waals surface area contributed by atoms with Gasteiger partial charge >= 0.3 is 0 Å². The summed E-state index contributed by atoms with van der Waals surface area (Å²) in [6, 6.07) is 61.5. The van der Waals surface area contributed by atoms with Gasteiger partial charge in [-0.2, -0.15) is 0 Å². The highest BCUT2D eigenvalue weighted by Crippen LogP contribution is 2.53. The predicted molar refractivity (Wildman–Crippen MR) is 241 cm³/mol. The summed E-state index contributed by atoms with van der Waals surface area (Å²) in [5, 5.41) is 13.2. The van der Waals surface area contributed by atoms with E-state index in [0.717, 1.165) is 49.4 Å². The number of para-hydroxylation sites is 2. The van der Waals surface area contributed by atoms with E-state index >= 15 is 0 Å². The lowest BCUT2D eigenvalue weighted by Gasteiger charge is -2.18. The van der Waals surface area contributed by atoms with Crippen LogP contribution in [0.25, 0.3) is 128 Å². The third-order valence-electron chi connectivity index (χ3n) is 11.7. The SMILES string of the molecule is c1ccc(-c2c3ccccc3c(-c3cc4cc(-c5c6oc7ccccc7c6cc6oc7ccccc7c56)sc4c4sc5ccccc5c34)c3ccccc23)cc1. The fraction of sp³-hybridized carbons (Fsp3) is 0. The molecule has 0 atom stereocenters. The monoisotopic (exact) mass is 748 g/mol. The van der Waals surface area contributed by atoms with E-state index < -0.39 is 0 Å². The lowest BCUT2D eigenvalue weighted by Crippen LogP contribution is -1.91. The Balaban J connectivity index is 1.19. The van der Waals surface area contributed by atoms with Crippen LogP contribution in [0, 0.1) is 0 Å². The molecule has 9 aromatic carbocycles. The van der Waals surface area contributed by atoms with E-state index in [-0.39, 0.29) is 0 Å². The van der Waals surface area contributed by atoms with Crippen LogP contribution in [0.3, 0.4) is 0 Å². The van der Waals surface area contributed by atoms with Crippen LogP contribution in [-0.4, -0.2) is 0 Å². The molecule has 0 aliphatic carbocycles. The van der Waals surface area contributed by atoms with Crippen molar-refractivity contribution >= 4 is 118 Å². The zero-order valence-corrected chi connectivity index (χ0v) is 31.4. The number of fused-ring (bicyclic) bond motifs is 13. The second-order valence-corrected chi connectivity index (χ2v) is 16.8. The number of furan rings is 2. The number of thiophene rings is 2. The van der Waals surface area contributed by atoms with Gasteiger partial charge in [0, 0.05) is 47.5 Å². The standard InChI is InChI=1S/C52H28O2S2/c1-2-14-29(15-3-1)45-32-17-4-6-19-34(32)46(35-20-7-5-18-33(35)45)39-26-30-27-44(56-51(30)52-47(39)37-22-10-13-25-43(37)55-52)49-48-36-21-9-12-24-41(36)53-42(48)28-38-31-16-8-11-23-40(31)54-50(38)49/h1-28H.